The molecule has 2 heterocycles. The van der Waals surface area contributed by atoms with Gasteiger partial charge in [-0.1, -0.05) is 11.3 Å². The zero-order chi connectivity index (χ0) is 17.4. The number of hydrogen-bond donors (Lipinski definition) is 5. The molecule has 5 atom stereocenters. The maximum absolute atomic E-state index is 11.3. The molecule has 0 bridgehead atoms. The summed E-state index contributed by atoms with van der Waals surface area (Å²) in [6, 6.07) is 4.97. The Bertz CT molecular complexity index is 748. The number of amides is 1. The minimum Gasteiger partial charge on any atom is -0.394 e. The number of carbonyl (C=O) groups excluding carboxylic acids is 1. The lowest BCUT2D eigenvalue weighted by Gasteiger charge is -2.39. The normalized spacial score (nSPS) is 30.5. The number of benzene rings is 1. The SMILES string of the molecule is CC(=O)Nc1cccc2c1nnn2C1OC(CO)C(O)C(O)C1O. The van der Waals surface area contributed by atoms with Crippen molar-refractivity contribution in [3.8, 4) is 0 Å². The zero-order valence-electron chi connectivity index (χ0n) is 12.8. The quantitative estimate of drug-likeness (QED) is 0.447. The van der Waals surface area contributed by atoms with E-state index in [4.69, 9.17) is 4.74 Å². The van der Waals surface area contributed by atoms with Gasteiger partial charge in [0.2, 0.25) is 5.91 Å². The lowest BCUT2D eigenvalue weighted by atomic mass is 9.98. The number of carbonyl (C=O) groups is 1. The molecule has 130 valence electrons. The molecule has 10 heteroatoms. The van der Waals surface area contributed by atoms with E-state index >= 15 is 0 Å². The first-order chi connectivity index (χ1) is 11.4. The summed E-state index contributed by atoms with van der Waals surface area (Å²) in [7, 11) is 0. The second kappa shape index (κ2) is 6.42. The number of nitrogens with zero attached hydrogens (tertiary/aromatic N) is 3. The van der Waals surface area contributed by atoms with Crippen LogP contribution in [0.3, 0.4) is 0 Å². The van der Waals surface area contributed by atoms with Gasteiger partial charge in [-0.3, -0.25) is 4.79 Å². The number of aromatic nitrogens is 3. The fourth-order valence-corrected chi connectivity index (χ4v) is 2.72. The maximum Gasteiger partial charge on any atom is 0.221 e. The van der Waals surface area contributed by atoms with Crippen molar-refractivity contribution < 1.29 is 30.0 Å². The smallest absolute Gasteiger partial charge is 0.221 e. The number of anilines is 1. The number of fused-ring (bicyclic) bond motifs is 1. The minimum atomic E-state index is -1.52. The summed E-state index contributed by atoms with van der Waals surface area (Å²) in [6.45, 7) is 0.825. The molecule has 0 saturated carbocycles. The highest BCUT2D eigenvalue weighted by atomic mass is 16.6. The molecule has 10 nitrogen and oxygen atoms in total. The van der Waals surface area contributed by atoms with E-state index < -0.39 is 37.3 Å². The molecule has 1 fully saturated rings. The van der Waals surface area contributed by atoms with E-state index in [1.54, 1.807) is 18.2 Å². The van der Waals surface area contributed by atoms with Gasteiger partial charge in [0.25, 0.3) is 0 Å². The van der Waals surface area contributed by atoms with Crippen LogP contribution in [0.1, 0.15) is 13.2 Å². The molecule has 0 spiro atoms. The third kappa shape index (κ3) is 2.74. The lowest BCUT2D eigenvalue weighted by molar-refractivity contribution is -0.253. The fourth-order valence-electron chi connectivity index (χ4n) is 2.72. The number of hydrogen-bond acceptors (Lipinski definition) is 8. The molecule has 1 amide bonds. The van der Waals surface area contributed by atoms with E-state index in [9.17, 15) is 25.2 Å². The van der Waals surface area contributed by atoms with Gasteiger partial charge in [-0.25, -0.2) is 4.68 Å². The molecule has 0 aliphatic carbocycles. The Morgan fingerprint density at radius 2 is 2.04 bits per heavy atom. The average Bonchev–Trinajstić information content (AvgIpc) is 2.98. The van der Waals surface area contributed by atoms with E-state index in [1.165, 1.54) is 11.6 Å². The van der Waals surface area contributed by atoms with E-state index in [2.05, 4.69) is 15.6 Å². The molecule has 1 aliphatic rings. The fraction of sp³-hybridized carbons (Fsp3) is 0.500. The summed E-state index contributed by atoms with van der Waals surface area (Å²) in [6.07, 6.45) is -6.65. The third-order valence-electron chi connectivity index (χ3n) is 3.92. The Morgan fingerprint density at radius 3 is 2.71 bits per heavy atom. The summed E-state index contributed by atoms with van der Waals surface area (Å²) in [4.78, 5) is 11.3. The van der Waals surface area contributed by atoms with Crippen molar-refractivity contribution in [3.05, 3.63) is 18.2 Å². The van der Waals surface area contributed by atoms with Crippen LogP contribution < -0.4 is 5.32 Å². The molecule has 24 heavy (non-hydrogen) atoms. The summed E-state index contributed by atoms with van der Waals surface area (Å²) in [5.74, 6) is -0.273. The summed E-state index contributed by atoms with van der Waals surface area (Å²) in [5.41, 5.74) is 1.27. The van der Waals surface area contributed by atoms with E-state index in [0.717, 1.165) is 0 Å². The molecule has 5 N–H and O–H groups in total. The van der Waals surface area contributed by atoms with Crippen LogP contribution >= 0.6 is 0 Å². The highest BCUT2D eigenvalue weighted by Gasteiger charge is 2.45. The number of nitrogens with one attached hydrogen (secondary N) is 1. The monoisotopic (exact) mass is 338 g/mol. The highest BCUT2D eigenvalue weighted by molar-refractivity contribution is 5.98. The molecule has 3 rings (SSSR count). The van der Waals surface area contributed by atoms with E-state index in [0.29, 0.717) is 16.7 Å². The summed E-state index contributed by atoms with van der Waals surface area (Å²) in [5, 5.41) is 49.7. The first-order valence-corrected chi connectivity index (χ1v) is 7.36. The maximum atomic E-state index is 11.3. The molecular formula is C14H18N4O6. The number of aliphatic hydroxyl groups is 4. The molecule has 1 aromatic heterocycles. The molecule has 2 aromatic rings. The van der Waals surface area contributed by atoms with Gasteiger partial charge in [0.05, 0.1) is 17.8 Å². The van der Waals surface area contributed by atoms with Crippen molar-refractivity contribution in [2.45, 2.75) is 37.6 Å². The van der Waals surface area contributed by atoms with Crippen molar-refractivity contribution in [3.63, 3.8) is 0 Å². The van der Waals surface area contributed by atoms with E-state index in [-0.39, 0.29) is 5.91 Å². The lowest BCUT2D eigenvalue weighted by Crippen LogP contribution is -2.56. The minimum absolute atomic E-state index is 0.273. The van der Waals surface area contributed by atoms with Gasteiger partial charge < -0.3 is 30.5 Å². The summed E-state index contributed by atoms with van der Waals surface area (Å²) >= 11 is 0. The van der Waals surface area contributed by atoms with Crippen LogP contribution in [0.2, 0.25) is 0 Å². The Morgan fingerprint density at radius 1 is 1.29 bits per heavy atom. The van der Waals surface area contributed by atoms with E-state index in [1.807, 2.05) is 0 Å². The second-order valence-electron chi connectivity index (χ2n) is 5.61. The largest absolute Gasteiger partial charge is 0.394 e. The van der Waals surface area contributed by atoms with Gasteiger partial charge in [0.1, 0.15) is 29.9 Å². The predicted octanol–water partition coefficient (Wildman–Crippen LogP) is -1.64. The highest BCUT2D eigenvalue weighted by Crippen LogP contribution is 2.31. The Kier molecular flexibility index (Phi) is 4.47. The standard InChI is InChI=1S/C14H18N4O6/c1-6(20)15-7-3-2-4-8-10(7)16-17-18(8)14-13(23)12(22)11(21)9(5-19)24-14/h2-4,9,11-14,19,21-23H,5H2,1H3,(H,15,20). The molecule has 0 radical (unpaired) electrons. The Labute approximate surface area is 136 Å². The van der Waals surface area contributed by atoms with Gasteiger partial charge in [-0.15, -0.1) is 5.10 Å². The number of aliphatic hydroxyl groups excluding tert-OH is 4. The van der Waals surface area contributed by atoms with Crippen molar-refractivity contribution in [2.75, 3.05) is 11.9 Å². The van der Waals surface area contributed by atoms with Crippen LogP contribution in [0.25, 0.3) is 11.0 Å². The van der Waals surface area contributed by atoms with Crippen LogP contribution in [0, 0.1) is 0 Å². The molecular weight excluding hydrogens is 320 g/mol. The predicted molar refractivity (Wildman–Crippen MR) is 80.8 cm³/mol. The third-order valence-corrected chi connectivity index (χ3v) is 3.92. The Hall–Kier alpha value is -2.11. The van der Waals surface area contributed by atoms with Crippen molar-refractivity contribution in [1.29, 1.82) is 0 Å². The van der Waals surface area contributed by atoms with Gasteiger partial charge in [0.15, 0.2) is 6.23 Å². The second-order valence-corrected chi connectivity index (χ2v) is 5.61. The van der Waals surface area contributed by atoms with Crippen LogP contribution in [0.15, 0.2) is 18.2 Å². The van der Waals surface area contributed by atoms with Crippen LogP contribution in [0.5, 0.6) is 0 Å². The van der Waals surface area contributed by atoms with Crippen LogP contribution in [-0.4, -0.2) is 72.3 Å². The molecule has 1 aliphatic heterocycles. The van der Waals surface area contributed by atoms with Gasteiger partial charge >= 0.3 is 0 Å². The van der Waals surface area contributed by atoms with Crippen molar-refractivity contribution in [1.82, 2.24) is 15.0 Å². The molecule has 1 saturated heterocycles. The molecule has 5 unspecified atom stereocenters. The average molecular weight is 338 g/mol. The topological polar surface area (TPSA) is 150 Å². The first kappa shape index (κ1) is 16.7. The summed E-state index contributed by atoms with van der Waals surface area (Å²) < 4.78 is 6.71. The van der Waals surface area contributed by atoms with Crippen LogP contribution in [-0.2, 0) is 9.53 Å². The van der Waals surface area contributed by atoms with Crippen molar-refractivity contribution in [2.24, 2.45) is 0 Å². The van der Waals surface area contributed by atoms with Crippen molar-refractivity contribution >= 4 is 22.6 Å². The van der Waals surface area contributed by atoms with Crippen LogP contribution in [0.4, 0.5) is 5.69 Å². The molecule has 1 aromatic carbocycles. The van der Waals surface area contributed by atoms with Gasteiger partial charge in [-0.2, -0.15) is 0 Å². The first-order valence-electron chi connectivity index (χ1n) is 7.36. The Balaban J connectivity index is 2.01. The zero-order valence-corrected chi connectivity index (χ0v) is 12.8. The van der Waals surface area contributed by atoms with Gasteiger partial charge in [0, 0.05) is 6.92 Å². The number of rotatable bonds is 3. The number of ether oxygens (including phenoxy) is 1. The van der Waals surface area contributed by atoms with Gasteiger partial charge in [-0.05, 0) is 12.1 Å².